The van der Waals surface area contributed by atoms with Crippen molar-refractivity contribution in [1.82, 2.24) is 0 Å². The second-order valence-electron chi connectivity index (χ2n) is 5.94. The lowest BCUT2D eigenvalue weighted by Gasteiger charge is -2.18. The fourth-order valence-corrected chi connectivity index (χ4v) is 0.252. The zero-order valence-electron chi connectivity index (χ0n) is 14.2. The van der Waals surface area contributed by atoms with Gasteiger partial charge in [0.2, 0.25) is 5.92 Å². The Morgan fingerprint density at radius 3 is 0.870 bits per heavy atom. The Labute approximate surface area is 137 Å². The molecule has 0 saturated heterocycles. The van der Waals surface area contributed by atoms with Crippen LogP contribution in [0.1, 0.15) is 48.5 Å². The molecule has 0 aromatic carbocycles. The van der Waals surface area contributed by atoms with Gasteiger partial charge in [-0.2, -0.15) is 17.6 Å². The molecule has 0 N–H and O–H groups in total. The van der Waals surface area contributed by atoms with Crippen LogP contribution in [0.3, 0.4) is 0 Å². The monoisotopic (exact) mass is 380 g/mol. The van der Waals surface area contributed by atoms with Crippen molar-refractivity contribution in [3.8, 4) is 0 Å². The van der Waals surface area contributed by atoms with Gasteiger partial charge in [0.05, 0.1) is 0 Å². The standard InChI is InChI=1S/C5H8F4.C5H10F2.C4H7ClF2/c1-3(2)5(8,9)4(6)7;1-4(2)5(3,6)7;1-3(2)4(5,6)7/h3-4H,1-2H3;4H,1-3H3;3H,1-2H3. The van der Waals surface area contributed by atoms with E-state index in [0.29, 0.717) is 0 Å². The highest BCUT2D eigenvalue weighted by Crippen LogP contribution is 2.30. The smallest absolute Gasteiger partial charge is 0.207 e. The topological polar surface area (TPSA) is 0 Å². The van der Waals surface area contributed by atoms with E-state index in [1.54, 1.807) is 0 Å². The minimum Gasteiger partial charge on any atom is -0.207 e. The largest absolute Gasteiger partial charge is 0.323 e. The first-order chi connectivity index (χ1) is 9.77. The molecular formula is C14H25ClF8. The van der Waals surface area contributed by atoms with E-state index in [1.165, 1.54) is 27.7 Å². The van der Waals surface area contributed by atoms with Crippen molar-refractivity contribution in [3.63, 3.8) is 0 Å². The van der Waals surface area contributed by atoms with Gasteiger partial charge in [-0.3, -0.25) is 0 Å². The fraction of sp³-hybridized carbons (Fsp3) is 1.00. The first kappa shape index (κ1) is 27.6. The SMILES string of the molecule is CC(C)C(C)(F)F.CC(C)C(F)(F)C(F)F.CC(C)C(F)(F)Cl. The summed E-state index contributed by atoms with van der Waals surface area (Å²) in [5.74, 6) is -8.93. The van der Waals surface area contributed by atoms with Crippen LogP contribution < -0.4 is 0 Å². The molecule has 0 spiro atoms. The Balaban J connectivity index is -0.000000264. The van der Waals surface area contributed by atoms with Crippen LogP contribution in [0.4, 0.5) is 35.1 Å². The third kappa shape index (κ3) is 15.0. The average molecular weight is 381 g/mol. The van der Waals surface area contributed by atoms with Gasteiger partial charge in [-0.05, 0) is 18.5 Å². The zero-order valence-corrected chi connectivity index (χ0v) is 15.0. The van der Waals surface area contributed by atoms with Gasteiger partial charge in [0.25, 0.3) is 0 Å². The maximum absolute atomic E-state index is 11.9. The van der Waals surface area contributed by atoms with E-state index in [1.807, 2.05) is 0 Å². The summed E-state index contributed by atoms with van der Waals surface area (Å²) in [4.78, 5) is 0. The average Bonchev–Trinajstić information content (AvgIpc) is 2.27. The van der Waals surface area contributed by atoms with Crippen LogP contribution in [0.2, 0.25) is 0 Å². The minimum atomic E-state index is -3.83. The maximum Gasteiger partial charge on any atom is 0.323 e. The number of hydrogen-bond acceptors (Lipinski definition) is 0. The molecule has 0 radical (unpaired) electrons. The Kier molecular flexibility index (Phi) is 12.7. The van der Waals surface area contributed by atoms with Crippen molar-refractivity contribution in [2.45, 2.75) is 72.1 Å². The quantitative estimate of drug-likeness (QED) is 0.354. The summed E-state index contributed by atoms with van der Waals surface area (Å²) in [7, 11) is 0. The third-order valence-electron chi connectivity index (χ3n) is 2.73. The molecule has 0 bridgehead atoms. The van der Waals surface area contributed by atoms with E-state index in [0.717, 1.165) is 20.8 Å². The van der Waals surface area contributed by atoms with E-state index >= 15 is 0 Å². The van der Waals surface area contributed by atoms with Crippen LogP contribution in [0.25, 0.3) is 0 Å². The van der Waals surface area contributed by atoms with Gasteiger partial charge in [-0.1, -0.05) is 41.5 Å². The summed E-state index contributed by atoms with van der Waals surface area (Å²) in [6.45, 7) is 8.79. The summed E-state index contributed by atoms with van der Waals surface area (Å²) in [6, 6.07) is 0. The predicted molar refractivity (Wildman–Crippen MR) is 76.9 cm³/mol. The van der Waals surface area contributed by atoms with Crippen LogP contribution >= 0.6 is 11.6 Å². The van der Waals surface area contributed by atoms with Crippen molar-refractivity contribution >= 4 is 11.6 Å². The highest BCUT2D eigenvalue weighted by atomic mass is 35.5. The van der Waals surface area contributed by atoms with Crippen LogP contribution in [0.5, 0.6) is 0 Å². The van der Waals surface area contributed by atoms with Crippen molar-refractivity contribution in [1.29, 1.82) is 0 Å². The first-order valence-corrected chi connectivity index (χ1v) is 7.26. The Bertz CT molecular complexity index is 262. The van der Waals surface area contributed by atoms with Gasteiger partial charge >= 0.3 is 17.7 Å². The lowest BCUT2D eigenvalue weighted by atomic mass is 10.1. The van der Waals surface area contributed by atoms with Crippen LogP contribution in [0.15, 0.2) is 0 Å². The van der Waals surface area contributed by atoms with Gasteiger partial charge in [0, 0.05) is 17.8 Å². The molecule has 0 heterocycles. The van der Waals surface area contributed by atoms with Crippen molar-refractivity contribution in [2.75, 3.05) is 0 Å². The summed E-state index contributed by atoms with van der Waals surface area (Å²) in [5, 5.41) is -3.03. The van der Waals surface area contributed by atoms with Gasteiger partial charge in [0.1, 0.15) is 0 Å². The summed E-state index contributed by atoms with van der Waals surface area (Å²) >= 11 is 4.53. The molecule has 0 aromatic rings. The van der Waals surface area contributed by atoms with Crippen LogP contribution in [-0.2, 0) is 0 Å². The second kappa shape index (κ2) is 10.6. The molecule has 0 aliphatic heterocycles. The van der Waals surface area contributed by atoms with Gasteiger partial charge < -0.3 is 0 Å². The molecule has 0 nitrogen and oxygen atoms in total. The fourth-order valence-electron chi connectivity index (χ4n) is 0.252. The van der Waals surface area contributed by atoms with E-state index in [4.69, 9.17) is 0 Å². The molecule has 23 heavy (non-hydrogen) atoms. The van der Waals surface area contributed by atoms with Crippen LogP contribution in [-0.4, -0.2) is 23.7 Å². The molecule has 0 aromatic heterocycles. The molecular weight excluding hydrogens is 356 g/mol. The summed E-state index contributed by atoms with van der Waals surface area (Å²) < 4.78 is 93.4. The van der Waals surface area contributed by atoms with Crippen molar-refractivity contribution in [3.05, 3.63) is 0 Å². The Morgan fingerprint density at radius 1 is 0.652 bits per heavy atom. The van der Waals surface area contributed by atoms with Gasteiger partial charge in [0.15, 0.2) is 0 Å². The number of halogens is 9. The predicted octanol–water partition coefficient (Wildman–Crippen LogP) is 7.31. The van der Waals surface area contributed by atoms with Gasteiger partial charge in [-0.25, -0.2) is 17.6 Å². The molecule has 0 atom stereocenters. The lowest BCUT2D eigenvalue weighted by molar-refractivity contribution is -0.156. The second-order valence-corrected chi connectivity index (χ2v) is 6.44. The van der Waals surface area contributed by atoms with E-state index < -0.39 is 41.4 Å². The molecule has 0 rings (SSSR count). The molecule has 0 amide bonds. The van der Waals surface area contributed by atoms with E-state index in [9.17, 15) is 35.1 Å². The third-order valence-corrected chi connectivity index (χ3v) is 3.17. The molecule has 0 aliphatic carbocycles. The summed E-state index contributed by atoms with van der Waals surface area (Å²) in [5.41, 5.74) is 0. The molecule has 0 aliphatic rings. The molecule has 0 fully saturated rings. The highest BCUT2D eigenvalue weighted by molar-refractivity contribution is 6.21. The lowest BCUT2D eigenvalue weighted by Crippen LogP contribution is -2.32. The zero-order chi connectivity index (χ0) is 19.8. The number of alkyl halides is 9. The number of hydrogen-bond donors (Lipinski definition) is 0. The van der Waals surface area contributed by atoms with E-state index in [-0.39, 0.29) is 0 Å². The first-order valence-electron chi connectivity index (χ1n) is 6.88. The summed E-state index contributed by atoms with van der Waals surface area (Å²) in [6.07, 6.45) is -3.54. The van der Waals surface area contributed by atoms with Crippen molar-refractivity contribution < 1.29 is 35.1 Å². The molecule has 0 saturated carbocycles. The minimum absolute atomic E-state index is 0.535. The van der Waals surface area contributed by atoms with Crippen LogP contribution in [0, 0.1) is 17.8 Å². The van der Waals surface area contributed by atoms with Crippen molar-refractivity contribution in [2.24, 2.45) is 17.8 Å². The normalized spacial score (nSPS) is 13.0. The highest BCUT2D eigenvalue weighted by Gasteiger charge is 2.43. The number of rotatable bonds is 4. The Hall–Kier alpha value is -0.270. The van der Waals surface area contributed by atoms with Gasteiger partial charge in [-0.15, -0.1) is 0 Å². The Morgan fingerprint density at radius 2 is 0.870 bits per heavy atom. The maximum atomic E-state index is 11.9. The molecule has 0 unspecified atom stereocenters. The van der Waals surface area contributed by atoms with E-state index in [2.05, 4.69) is 11.6 Å². The molecule has 144 valence electrons. The molecule has 9 heteroatoms.